The van der Waals surface area contributed by atoms with E-state index in [0.29, 0.717) is 11.3 Å². The van der Waals surface area contributed by atoms with Gasteiger partial charge < -0.3 is 15.5 Å². The van der Waals surface area contributed by atoms with Crippen LogP contribution in [-0.2, 0) is 0 Å². The zero-order valence-electron chi connectivity index (χ0n) is 10.8. The van der Waals surface area contributed by atoms with Crippen LogP contribution in [0, 0.1) is 10.4 Å². The summed E-state index contributed by atoms with van der Waals surface area (Å²) in [7, 11) is 0. The Morgan fingerprint density at radius 3 is 2.74 bits per heavy atom. The molecule has 0 saturated carbocycles. The summed E-state index contributed by atoms with van der Waals surface area (Å²) in [4.78, 5) is 0. The van der Waals surface area contributed by atoms with Gasteiger partial charge in [-0.05, 0) is 18.1 Å². The van der Waals surface area contributed by atoms with E-state index in [0.717, 1.165) is 5.12 Å². The molecule has 19 heavy (non-hydrogen) atoms. The molecule has 0 fully saturated rings. The number of guanidine groups is 1. The molecule has 4 N–H and O–H groups in total. The summed E-state index contributed by atoms with van der Waals surface area (Å²) >= 11 is 0. The average molecular weight is 267 g/mol. The maximum absolute atomic E-state index is 13.0. The van der Waals surface area contributed by atoms with E-state index in [1.54, 1.807) is 19.1 Å². The van der Waals surface area contributed by atoms with Crippen LogP contribution in [0.1, 0.15) is 13.8 Å². The molecule has 2 unspecified atom stereocenters. The van der Waals surface area contributed by atoms with Gasteiger partial charge in [-0.2, -0.15) is 0 Å². The molecule has 8 nitrogen and oxygen atoms in total. The zero-order chi connectivity index (χ0) is 14.2. The number of nitrogens with zero attached hydrogens (tertiary/aromatic N) is 3. The molecule has 0 aliphatic carbocycles. The number of fused-ring (bicyclic) bond motifs is 1. The van der Waals surface area contributed by atoms with E-state index in [2.05, 4.69) is 5.43 Å². The van der Waals surface area contributed by atoms with Crippen LogP contribution < -0.4 is 15.9 Å². The summed E-state index contributed by atoms with van der Waals surface area (Å²) in [6, 6.07) is 6.25. The Labute approximate surface area is 110 Å². The molecule has 1 aliphatic heterocycles. The fraction of sp³-hybridized carbons (Fsp3) is 0.364. The van der Waals surface area contributed by atoms with E-state index >= 15 is 0 Å². The number of para-hydroxylation sites is 2. The Morgan fingerprint density at radius 2 is 2.16 bits per heavy atom. The predicted octanol–water partition coefficient (Wildman–Crippen LogP) is 0.0416. The number of benzene rings is 1. The molecule has 0 saturated heterocycles. The highest BCUT2D eigenvalue weighted by Gasteiger charge is 2.47. The van der Waals surface area contributed by atoms with Gasteiger partial charge in [0.25, 0.3) is 0 Å². The van der Waals surface area contributed by atoms with Crippen molar-refractivity contribution in [3.63, 3.8) is 0 Å². The van der Waals surface area contributed by atoms with Crippen LogP contribution in [0.3, 0.4) is 0 Å². The standard InChI is InChI=1S/C11H17N5O3/c1-3-13-15-11(12)14(18)9-6-4-5-7-10(9)16(15,19)8(2)17/h4-8,13,17H,3,12H2,1-2H3. The molecule has 1 aromatic rings. The Balaban J connectivity index is 2.69. The maximum atomic E-state index is 13.0. The van der Waals surface area contributed by atoms with Crippen LogP contribution in [0.5, 0.6) is 0 Å². The predicted molar refractivity (Wildman–Crippen MR) is 71.3 cm³/mol. The number of hydrazine groups is 1. The van der Waals surface area contributed by atoms with E-state index in [9.17, 15) is 15.5 Å². The molecule has 0 amide bonds. The second-order valence-electron chi connectivity index (χ2n) is 4.22. The normalized spacial score (nSPS) is 24.3. The number of quaternary nitrogens is 1. The fourth-order valence-electron chi connectivity index (χ4n) is 2.08. The molecule has 0 radical (unpaired) electrons. The van der Waals surface area contributed by atoms with E-state index in [1.807, 2.05) is 0 Å². The van der Waals surface area contributed by atoms with Crippen molar-refractivity contribution in [1.29, 1.82) is 0 Å². The molecule has 1 heterocycles. The number of nitrogens with two attached hydrogens (primary N) is 1. The second kappa shape index (κ2) is 4.67. The van der Waals surface area contributed by atoms with Crippen LogP contribution in [0.25, 0.3) is 0 Å². The van der Waals surface area contributed by atoms with E-state index < -0.39 is 11.0 Å². The molecule has 0 spiro atoms. The van der Waals surface area contributed by atoms with Crippen molar-refractivity contribution in [3.8, 4) is 0 Å². The van der Waals surface area contributed by atoms with Crippen molar-refractivity contribution >= 4 is 17.3 Å². The Kier molecular flexibility index (Phi) is 3.33. The minimum absolute atomic E-state index is 0.127. The lowest BCUT2D eigenvalue weighted by molar-refractivity contribution is -0.383. The van der Waals surface area contributed by atoms with Gasteiger partial charge >= 0.3 is 5.96 Å². The highest BCUT2D eigenvalue weighted by atomic mass is 16.7. The maximum Gasteiger partial charge on any atom is 0.419 e. The highest BCUT2D eigenvalue weighted by molar-refractivity contribution is 5.80. The van der Waals surface area contributed by atoms with E-state index in [4.69, 9.17) is 5.73 Å². The van der Waals surface area contributed by atoms with Gasteiger partial charge in [0.05, 0.1) is 0 Å². The van der Waals surface area contributed by atoms with Crippen molar-refractivity contribution in [3.05, 3.63) is 34.7 Å². The van der Waals surface area contributed by atoms with Crippen LogP contribution in [0.2, 0.25) is 0 Å². The van der Waals surface area contributed by atoms with E-state index in [-0.39, 0.29) is 17.3 Å². The lowest BCUT2D eigenvalue weighted by Gasteiger charge is -2.48. The topological polar surface area (TPSA) is 111 Å². The first-order valence-corrected chi connectivity index (χ1v) is 5.95. The molecule has 8 heteroatoms. The van der Waals surface area contributed by atoms with Gasteiger partial charge in [0.15, 0.2) is 5.69 Å². The largest absolute Gasteiger partial charge is 0.739 e. The lowest BCUT2D eigenvalue weighted by atomic mass is 10.2. The van der Waals surface area contributed by atoms with E-state index in [1.165, 1.54) is 19.1 Å². The zero-order valence-corrected chi connectivity index (χ0v) is 10.8. The number of aliphatic hydroxyl groups is 1. The van der Waals surface area contributed by atoms with Crippen LogP contribution in [-0.4, -0.2) is 33.7 Å². The molecule has 1 aliphatic rings. The van der Waals surface area contributed by atoms with Gasteiger partial charge in [-0.1, -0.05) is 12.1 Å². The first kappa shape index (κ1) is 13.6. The molecule has 2 atom stereocenters. The van der Waals surface area contributed by atoms with Gasteiger partial charge in [-0.3, -0.25) is 5.73 Å². The molecule has 0 aromatic heterocycles. The van der Waals surface area contributed by atoms with Crippen molar-refractivity contribution in [2.24, 2.45) is 5.73 Å². The number of hydrogen-bond acceptors (Lipinski definition) is 6. The number of hydrogen-bond donors (Lipinski definition) is 3. The minimum atomic E-state index is -1.33. The Hall–Kier alpha value is -1.87. The number of nitrogens with one attached hydrogen (secondary N) is 1. The third-order valence-electron chi connectivity index (χ3n) is 2.98. The third kappa shape index (κ3) is 1.81. The Morgan fingerprint density at radius 1 is 1.53 bits per heavy atom. The SMILES string of the molecule is CCNN1C(N)=[N+]([O-])c2ccccc2[N+]1([O-])C(C)O. The second-order valence-corrected chi connectivity index (χ2v) is 4.22. The van der Waals surface area contributed by atoms with Gasteiger partial charge in [0.1, 0.15) is 0 Å². The summed E-state index contributed by atoms with van der Waals surface area (Å²) in [6.07, 6.45) is -1.33. The van der Waals surface area contributed by atoms with Crippen molar-refractivity contribution < 1.29 is 9.85 Å². The summed E-state index contributed by atoms with van der Waals surface area (Å²) in [5, 5.41) is 35.9. The first-order chi connectivity index (χ1) is 8.94. The summed E-state index contributed by atoms with van der Waals surface area (Å²) in [5.41, 5.74) is 8.67. The first-order valence-electron chi connectivity index (χ1n) is 5.95. The van der Waals surface area contributed by atoms with Gasteiger partial charge in [-0.15, -0.1) is 10.2 Å². The lowest BCUT2D eigenvalue weighted by Crippen LogP contribution is -2.73. The highest BCUT2D eigenvalue weighted by Crippen LogP contribution is 2.38. The smallest absolute Gasteiger partial charge is 0.419 e. The van der Waals surface area contributed by atoms with Crippen molar-refractivity contribution in [2.75, 3.05) is 6.54 Å². The molecule has 104 valence electrons. The molecular formula is C11H17N5O3. The molecule has 0 bridgehead atoms. The Bertz CT molecular complexity index is 519. The molecule has 1 aromatic carbocycles. The summed E-state index contributed by atoms with van der Waals surface area (Å²) in [6.45, 7) is 3.49. The van der Waals surface area contributed by atoms with Crippen molar-refractivity contribution in [1.82, 2.24) is 15.3 Å². The van der Waals surface area contributed by atoms with Crippen LogP contribution in [0.4, 0.5) is 11.4 Å². The van der Waals surface area contributed by atoms with Crippen LogP contribution in [0.15, 0.2) is 24.3 Å². The third-order valence-corrected chi connectivity index (χ3v) is 2.98. The average Bonchev–Trinajstić information content (AvgIpc) is 2.41. The monoisotopic (exact) mass is 267 g/mol. The van der Waals surface area contributed by atoms with Gasteiger partial charge in [0, 0.05) is 19.5 Å². The van der Waals surface area contributed by atoms with Crippen LogP contribution >= 0.6 is 0 Å². The number of hydroxylamine groups is 1. The quantitative estimate of drug-likeness (QED) is 0.405. The number of aliphatic hydroxyl groups excluding tert-OH is 1. The van der Waals surface area contributed by atoms with Gasteiger partial charge in [-0.25, -0.2) is 4.74 Å². The summed E-state index contributed by atoms with van der Waals surface area (Å²) in [5.74, 6) is -0.309. The molecule has 2 rings (SSSR count). The summed E-state index contributed by atoms with van der Waals surface area (Å²) < 4.78 is -0.802. The number of rotatable bonds is 3. The molecular weight excluding hydrogens is 250 g/mol. The minimum Gasteiger partial charge on any atom is -0.739 e. The van der Waals surface area contributed by atoms with Gasteiger partial charge in [0.2, 0.25) is 11.9 Å². The fourth-order valence-corrected chi connectivity index (χ4v) is 2.08. The van der Waals surface area contributed by atoms with Crippen molar-refractivity contribution in [2.45, 2.75) is 20.1 Å².